The molecule has 0 bridgehead atoms. The van der Waals surface area contributed by atoms with Gasteiger partial charge >= 0.3 is 0 Å². The van der Waals surface area contributed by atoms with Gasteiger partial charge in [-0.25, -0.2) is 0 Å². The number of benzene rings is 2. The van der Waals surface area contributed by atoms with Gasteiger partial charge in [0.15, 0.2) is 11.9 Å². The van der Waals surface area contributed by atoms with Gasteiger partial charge in [-0.1, -0.05) is 73.5 Å². The number of hydrogen-bond donors (Lipinski definition) is 8. The first kappa shape index (κ1) is 39.0. The Morgan fingerprint density at radius 1 is 0.542 bits per heavy atom. The molecule has 0 unspecified atom stereocenters. The maximum Gasteiger partial charge on any atom is 0.242 e. The van der Waals surface area contributed by atoms with E-state index in [1.54, 1.807) is 0 Å². The number of nitrogens with one attached hydrogen (secondary N) is 4. The molecule has 0 aliphatic heterocycles. The SMILES string of the molecule is NC(N)=NCCC[C@H](NC(=O)Cc1ccccc1)C(=O)NCCCCCCNC(=O)[C@H](CCCN=C(N)N)NC(=O)Cc1ccccc1. The van der Waals surface area contributed by atoms with Crippen molar-refractivity contribution in [2.75, 3.05) is 26.2 Å². The van der Waals surface area contributed by atoms with Crippen LogP contribution in [-0.2, 0) is 32.0 Å². The van der Waals surface area contributed by atoms with Crippen LogP contribution in [0.1, 0.15) is 62.5 Å². The summed E-state index contributed by atoms with van der Waals surface area (Å²) in [5, 5.41) is 11.5. The number of carbonyl (C=O) groups excluding carboxylic acids is 4. The molecule has 0 radical (unpaired) electrons. The number of amides is 4. The second-order valence-corrected chi connectivity index (χ2v) is 11.5. The molecular formula is C34H52N10O4. The van der Waals surface area contributed by atoms with Gasteiger partial charge in [-0.3, -0.25) is 29.2 Å². The van der Waals surface area contributed by atoms with Crippen molar-refractivity contribution in [2.24, 2.45) is 32.9 Å². The van der Waals surface area contributed by atoms with E-state index in [1.165, 1.54) is 0 Å². The van der Waals surface area contributed by atoms with Crippen LogP contribution >= 0.6 is 0 Å². The first-order chi connectivity index (χ1) is 23.1. The lowest BCUT2D eigenvalue weighted by molar-refractivity contribution is -0.128. The van der Waals surface area contributed by atoms with Gasteiger partial charge in [0.25, 0.3) is 0 Å². The lowest BCUT2D eigenvalue weighted by Gasteiger charge is -2.19. The van der Waals surface area contributed by atoms with Gasteiger partial charge < -0.3 is 44.2 Å². The highest BCUT2D eigenvalue weighted by molar-refractivity contribution is 5.89. The van der Waals surface area contributed by atoms with Crippen molar-refractivity contribution in [2.45, 2.75) is 76.3 Å². The Balaban J connectivity index is 1.73. The van der Waals surface area contributed by atoms with E-state index in [0.29, 0.717) is 51.9 Å². The molecule has 0 saturated carbocycles. The highest BCUT2D eigenvalue weighted by Gasteiger charge is 2.21. The average Bonchev–Trinajstić information content (AvgIpc) is 3.05. The van der Waals surface area contributed by atoms with Crippen LogP contribution in [-0.4, -0.2) is 73.8 Å². The fraction of sp³-hybridized carbons (Fsp3) is 0.471. The number of hydrogen-bond acceptors (Lipinski definition) is 6. The Hall–Kier alpha value is -5.14. The van der Waals surface area contributed by atoms with Crippen molar-refractivity contribution in [3.63, 3.8) is 0 Å². The summed E-state index contributed by atoms with van der Waals surface area (Å²) in [6.45, 7) is 1.62. The fourth-order valence-electron chi connectivity index (χ4n) is 4.87. The number of unbranched alkanes of at least 4 members (excludes halogenated alkanes) is 3. The van der Waals surface area contributed by atoms with Crippen LogP contribution in [0.5, 0.6) is 0 Å². The first-order valence-electron chi connectivity index (χ1n) is 16.5. The van der Waals surface area contributed by atoms with Gasteiger partial charge in [0.2, 0.25) is 23.6 Å². The molecule has 48 heavy (non-hydrogen) atoms. The zero-order valence-corrected chi connectivity index (χ0v) is 27.7. The molecule has 14 heteroatoms. The molecule has 0 heterocycles. The minimum atomic E-state index is -0.703. The highest BCUT2D eigenvalue weighted by Crippen LogP contribution is 2.06. The second-order valence-electron chi connectivity index (χ2n) is 11.5. The first-order valence-corrected chi connectivity index (χ1v) is 16.5. The average molecular weight is 665 g/mol. The van der Waals surface area contributed by atoms with Gasteiger partial charge in [-0.15, -0.1) is 0 Å². The third kappa shape index (κ3) is 18.1. The summed E-state index contributed by atoms with van der Waals surface area (Å²) in [4.78, 5) is 59.0. The van der Waals surface area contributed by atoms with Crippen LogP contribution in [0.2, 0.25) is 0 Å². The topological polar surface area (TPSA) is 245 Å². The predicted octanol–water partition coefficient (Wildman–Crippen LogP) is 0.341. The molecule has 0 aromatic heterocycles. The summed E-state index contributed by atoms with van der Waals surface area (Å²) in [6, 6.07) is 17.2. The predicted molar refractivity (Wildman–Crippen MR) is 188 cm³/mol. The molecular weight excluding hydrogens is 612 g/mol. The Labute approximate surface area is 283 Å². The Morgan fingerprint density at radius 3 is 1.27 bits per heavy atom. The Kier molecular flexibility index (Phi) is 18.9. The number of nitrogens with zero attached hydrogens (tertiary/aromatic N) is 2. The summed E-state index contributed by atoms with van der Waals surface area (Å²) in [5.74, 6) is -1.03. The Bertz CT molecular complexity index is 1210. The van der Waals surface area contributed by atoms with Gasteiger partial charge in [0, 0.05) is 26.2 Å². The van der Waals surface area contributed by atoms with Crippen LogP contribution in [0.4, 0.5) is 0 Å². The van der Waals surface area contributed by atoms with Crippen molar-refractivity contribution < 1.29 is 19.2 Å². The van der Waals surface area contributed by atoms with E-state index in [9.17, 15) is 19.2 Å². The molecule has 0 aliphatic carbocycles. The smallest absolute Gasteiger partial charge is 0.242 e. The van der Waals surface area contributed by atoms with E-state index in [1.807, 2.05) is 60.7 Å². The molecule has 0 fully saturated rings. The Morgan fingerprint density at radius 2 is 0.917 bits per heavy atom. The zero-order chi connectivity index (χ0) is 35.0. The summed E-state index contributed by atoms with van der Waals surface area (Å²) >= 11 is 0. The molecule has 0 aliphatic rings. The summed E-state index contributed by atoms with van der Waals surface area (Å²) < 4.78 is 0. The molecule has 4 amide bonds. The number of carbonyl (C=O) groups is 4. The molecule has 0 spiro atoms. The van der Waals surface area contributed by atoms with Gasteiger partial charge in [-0.05, 0) is 49.7 Å². The fourth-order valence-corrected chi connectivity index (χ4v) is 4.87. The molecule has 14 nitrogen and oxygen atoms in total. The van der Waals surface area contributed by atoms with Crippen molar-refractivity contribution in [3.8, 4) is 0 Å². The molecule has 0 saturated heterocycles. The molecule has 2 aromatic rings. The highest BCUT2D eigenvalue weighted by atomic mass is 16.2. The van der Waals surface area contributed by atoms with Crippen LogP contribution in [0.3, 0.4) is 0 Å². The standard InChI is InChI=1S/C34H52N10O4/c35-33(36)41-21-11-17-27(43-29(45)23-25-13-5-3-6-14-25)31(47)39-19-9-1-2-10-20-40-32(48)28(18-12-22-42-34(37)38)44-30(46)24-26-15-7-4-8-16-26/h3-8,13-16,27-28H,1-2,9-12,17-24H2,(H,39,47)(H,40,48)(H,43,45)(H,44,46)(H4,35,36,41)(H4,37,38,42)/t27-,28-/m0/s1. The molecule has 262 valence electrons. The molecule has 2 aromatic carbocycles. The van der Waals surface area contributed by atoms with Crippen LogP contribution in [0, 0.1) is 0 Å². The van der Waals surface area contributed by atoms with E-state index in [-0.39, 0.29) is 48.4 Å². The van der Waals surface area contributed by atoms with E-state index in [2.05, 4.69) is 31.3 Å². The summed E-state index contributed by atoms with van der Waals surface area (Å²) in [6.07, 6.45) is 5.34. The monoisotopic (exact) mass is 664 g/mol. The quantitative estimate of drug-likeness (QED) is 0.0466. The van der Waals surface area contributed by atoms with Crippen molar-refractivity contribution >= 4 is 35.5 Å². The second kappa shape index (κ2) is 23.2. The minimum absolute atomic E-state index is 0.0198. The van der Waals surface area contributed by atoms with E-state index >= 15 is 0 Å². The van der Waals surface area contributed by atoms with E-state index in [0.717, 1.165) is 36.8 Å². The van der Waals surface area contributed by atoms with Crippen LogP contribution in [0.25, 0.3) is 0 Å². The van der Waals surface area contributed by atoms with E-state index in [4.69, 9.17) is 22.9 Å². The molecule has 2 rings (SSSR count). The number of rotatable bonds is 23. The minimum Gasteiger partial charge on any atom is -0.370 e. The molecule has 12 N–H and O–H groups in total. The molecule has 2 atom stereocenters. The lowest BCUT2D eigenvalue weighted by atomic mass is 10.1. The maximum atomic E-state index is 12.9. The van der Waals surface area contributed by atoms with Crippen LogP contribution < -0.4 is 44.2 Å². The lowest BCUT2D eigenvalue weighted by Crippen LogP contribution is -2.47. The van der Waals surface area contributed by atoms with Crippen molar-refractivity contribution in [1.29, 1.82) is 0 Å². The largest absolute Gasteiger partial charge is 0.370 e. The van der Waals surface area contributed by atoms with Crippen molar-refractivity contribution in [1.82, 2.24) is 21.3 Å². The maximum absolute atomic E-state index is 12.9. The van der Waals surface area contributed by atoms with E-state index < -0.39 is 12.1 Å². The number of aliphatic imine (C=N–C) groups is 2. The summed E-state index contributed by atoms with van der Waals surface area (Å²) in [7, 11) is 0. The third-order valence-electron chi connectivity index (χ3n) is 7.31. The van der Waals surface area contributed by atoms with Crippen LogP contribution in [0.15, 0.2) is 70.6 Å². The van der Waals surface area contributed by atoms with Gasteiger partial charge in [0.05, 0.1) is 12.8 Å². The van der Waals surface area contributed by atoms with Crippen molar-refractivity contribution in [3.05, 3.63) is 71.8 Å². The van der Waals surface area contributed by atoms with Gasteiger partial charge in [-0.2, -0.15) is 0 Å². The third-order valence-corrected chi connectivity index (χ3v) is 7.31. The normalized spacial score (nSPS) is 11.8. The van der Waals surface area contributed by atoms with Gasteiger partial charge in [0.1, 0.15) is 12.1 Å². The summed E-state index contributed by atoms with van der Waals surface area (Å²) in [5.41, 5.74) is 23.3. The number of guanidine groups is 2. The number of nitrogens with two attached hydrogens (primary N) is 4. The zero-order valence-electron chi connectivity index (χ0n) is 27.7.